The molecule has 0 N–H and O–H groups in total. The van der Waals surface area contributed by atoms with Gasteiger partial charge in [0.2, 0.25) is 0 Å². The van der Waals surface area contributed by atoms with E-state index in [-0.39, 0.29) is 49.1 Å². The molecular weight excluding hydrogens is 811 g/mol. The number of quaternary nitrogens is 1. The fourth-order valence-corrected chi connectivity index (χ4v) is 6.65. The summed E-state index contributed by atoms with van der Waals surface area (Å²) >= 11 is 0. The van der Waals surface area contributed by atoms with E-state index >= 15 is 0 Å². The second-order valence-electron chi connectivity index (χ2n) is 17.5. The first-order chi connectivity index (χ1) is 31.6. The topological polar surface area (TPSA) is 102 Å². The Labute approximate surface area is 397 Å². The number of aliphatic carboxylic acids is 1. The third-order valence-electron chi connectivity index (χ3n) is 10.5. The monoisotopic (exact) mass is 902 g/mol. The molecule has 0 aliphatic rings. The normalized spacial score (nSPS) is 13.9. The molecular formula is C57H91NO7. The lowest BCUT2D eigenvalue weighted by atomic mass is 10.1. The first-order valence-corrected chi connectivity index (χ1v) is 25.2. The average molecular weight is 902 g/mol. The maximum absolute atomic E-state index is 12.8. The average Bonchev–Trinajstić information content (AvgIpc) is 3.27. The highest BCUT2D eigenvalue weighted by atomic mass is 16.6. The number of carboxylic acid groups (broad SMARTS) is 1. The Bertz CT molecular complexity index is 1470. The van der Waals surface area contributed by atoms with E-state index in [1.807, 2.05) is 72.9 Å². The highest BCUT2D eigenvalue weighted by Crippen LogP contribution is 2.14. The van der Waals surface area contributed by atoms with E-state index in [1.54, 1.807) is 21.1 Å². The smallest absolute Gasteiger partial charge is 0.306 e. The largest absolute Gasteiger partial charge is 0.544 e. The summed E-state index contributed by atoms with van der Waals surface area (Å²) in [5.41, 5.74) is 0. The molecule has 0 heterocycles. The molecule has 0 saturated heterocycles. The molecule has 0 fully saturated rings. The van der Waals surface area contributed by atoms with Crippen LogP contribution in [0.25, 0.3) is 0 Å². The maximum Gasteiger partial charge on any atom is 0.306 e. The molecule has 0 amide bonds. The van der Waals surface area contributed by atoms with Crippen molar-refractivity contribution in [3.8, 4) is 0 Å². The number of carboxylic acids is 1. The zero-order valence-electron chi connectivity index (χ0n) is 41.6. The van der Waals surface area contributed by atoms with Crippen LogP contribution in [0.3, 0.4) is 0 Å². The Morgan fingerprint density at radius 3 is 1.43 bits per heavy atom. The number of allylic oxidation sites excluding steroid dienone is 20. The predicted octanol–water partition coefficient (Wildman–Crippen LogP) is 13.2. The molecule has 0 aliphatic carbocycles. The molecule has 0 aliphatic heterocycles. The molecule has 2 atom stereocenters. The van der Waals surface area contributed by atoms with Crippen molar-refractivity contribution < 1.29 is 38.2 Å². The molecule has 65 heavy (non-hydrogen) atoms. The van der Waals surface area contributed by atoms with Crippen LogP contribution < -0.4 is 5.11 Å². The van der Waals surface area contributed by atoms with E-state index in [1.165, 1.54) is 64.2 Å². The SMILES string of the molecule is CC/C=C/C=C/C=C/C=C/C=C/C=C/C=C/CCCCCC(=O)OCC(COCCC(C(=O)[O-])[N+](C)(C)C)OC(=O)CCCCCCCCCCC/C=C/C/C=C/C/C=C/CCCCC. The lowest BCUT2D eigenvalue weighted by Gasteiger charge is -2.34. The molecule has 0 aromatic carbocycles. The van der Waals surface area contributed by atoms with Gasteiger partial charge in [0.1, 0.15) is 12.6 Å². The predicted molar refractivity (Wildman–Crippen MR) is 272 cm³/mol. The summed E-state index contributed by atoms with van der Waals surface area (Å²) in [6, 6.07) is -0.743. The highest BCUT2D eigenvalue weighted by Gasteiger charge is 2.25. The zero-order valence-corrected chi connectivity index (χ0v) is 41.6. The molecule has 0 spiro atoms. The van der Waals surface area contributed by atoms with Crippen LogP contribution in [-0.4, -0.2) is 75.5 Å². The van der Waals surface area contributed by atoms with Gasteiger partial charge in [-0.2, -0.15) is 0 Å². The molecule has 0 bridgehead atoms. The van der Waals surface area contributed by atoms with Gasteiger partial charge in [0.25, 0.3) is 0 Å². The molecule has 0 rings (SSSR count). The van der Waals surface area contributed by atoms with Gasteiger partial charge in [-0.3, -0.25) is 9.59 Å². The Morgan fingerprint density at radius 1 is 0.492 bits per heavy atom. The minimum atomic E-state index is -1.14. The van der Waals surface area contributed by atoms with Gasteiger partial charge in [-0.15, -0.1) is 0 Å². The first kappa shape index (κ1) is 60.7. The van der Waals surface area contributed by atoms with Gasteiger partial charge in [0, 0.05) is 19.3 Å². The lowest BCUT2D eigenvalue weighted by Crippen LogP contribution is -2.55. The second kappa shape index (κ2) is 46.3. The molecule has 0 radical (unpaired) electrons. The van der Waals surface area contributed by atoms with Crippen LogP contribution in [0.2, 0.25) is 0 Å². The number of esters is 2. The molecule has 2 unspecified atom stereocenters. The van der Waals surface area contributed by atoms with Crippen molar-refractivity contribution in [2.45, 2.75) is 180 Å². The summed E-state index contributed by atoms with van der Waals surface area (Å²) in [7, 11) is 5.38. The van der Waals surface area contributed by atoms with E-state index in [0.717, 1.165) is 64.2 Å². The van der Waals surface area contributed by atoms with Crippen molar-refractivity contribution in [3.05, 3.63) is 122 Å². The number of carbonyl (C=O) groups is 3. The summed E-state index contributed by atoms with van der Waals surface area (Å²) in [4.78, 5) is 37.0. The van der Waals surface area contributed by atoms with Gasteiger partial charge in [0.15, 0.2) is 6.10 Å². The van der Waals surface area contributed by atoms with Crippen molar-refractivity contribution in [2.24, 2.45) is 0 Å². The van der Waals surface area contributed by atoms with Gasteiger partial charge >= 0.3 is 11.9 Å². The summed E-state index contributed by atoms with van der Waals surface area (Å²) < 4.78 is 17.2. The van der Waals surface area contributed by atoms with E-state index in [0.29, 0.717) is 12.8 Å². The molecule has 0 aromatic rings. The van der Waals surface area contributed by atoms with Gasteiger partial charge in [0.05, 0.1) is 40.3 Å². The van der Waals surface area contributed by atoms with Gasteiger partial charge in [-0.05, 0) is 70.6 Å². The molecule has 8 nitrogen and oxygen atoms in total. The van der Waals surface area contributed by atoms with Crippen LogP contribution in [0.4, 0.5) is 0 Å². The van der Waals surface area contributed by atoms with E-state index in [4.69, 9.17) is 14.2 Å². The molecule has 8 heteroatoms. The second-order valence-corrected chi connectivity index (χ2v) is 17.5. The van der Waals surface area contributed by atoms with Gasteiger partial charge in [-0.25, -0.2) is 0 Å². The van der Waals surface area contributed by atoms with Gasteiger partial charge in [-0.1, -0.05) is 200 Å². The van der Waals surface area contributed by atoms with Gasteiger partial charge < -0.3 is 28.6 Å². The summed E-state index contributed by atoms with van der Waals surface area (Å²) in [5, 5.41) is 11.7. The van der Waals surface area contributed by atoms with Crippen LogP contribution in [0, 0.1) is 0 Å². The number of rotatable bonds is 43. The van der Waals surface area contributed by atoms with Crippen LogP contribution in [0.15, 0.2) is 122 Å². The third-order valence-corrected chi connectivity index (χ3v) is 10.5. The summed E-state index contributed by atoms with van der Waals surface area (Å²) in [6.45, 7) is 4.42. The Kier molecular flexibility index (Phi) is 43.2. The fourth-order valence-electron chi connectivity index (χ4n) is 6.65. The Morgan fingerprint density at radius 2 is 0.923 bits per heavy atom. The summed E-state index contributed by atoms with van der Waals surface area (Å²) in [5.74, 6) is -1.82. The van der Waals surface area contributed by atoms with Crippen molar-refractivity contribution in [3.63, 3.8) is 0 Å². The number of carbonyl (C=O) groups excluding carboxylic acids is 3. The number of ether oxygens (including phenoxy) is 3. The van der Waals surface area contributed by atoms with Crippen molar-refractivity contribution >= 4 is 17.9 Å². The Hall–Kier alpha value is -4.27. The van der Waals surface area contributed by atoms with Crippen LogP contribution >= 0.6 is 0 Å². The van der Waals surface area contributed by atoms with Crippen LogP contribution in [0.5, 0.6) is 0 Å². The molecule has 0 saturated carbocycles. The lowest BCUT2D eigenvalue weighted by molar-refractivity contribution is -0.889. The van der Waals surface area contributed by atoms with Crippen LogP contribution in [-0.2, 0) is 28.6 Å². The van der Waals surface area contributed by atoms with Crippen molar-refractivity contribution in [2.75, 3.05) is 41.0 Å². The highest BCUT2D eigenvalue weighted by molar-refractivity contribution is 5.70. The number of hydrogen-bond donors (Lipinski definition) is 0. The van der Waals surface area contributed by atoms with Crippen LogP contribution in [0.1, 0.15) is 168 Å². The minimum absolute atomic E-state index is 0.0147. The standard InChI is InChI=1S/C57H91NO7/c1-6-8-10-12-14-16-18-20-22-24-26-27-28-30-32-34-36-38-40-42-44-46-48-56(60)65-53(51-63-50-49-54(57(61)62)58(3,4)5)52-64-55(59)47-45-43-41-39-37-35-33-31-29-25-23-21-19-17-15-13-11-9-7-2/h9,11,13-17,19-23,25-27,29,31,33,35,37,53-54H,6-8,10,12,18,24,28,30,32,34,36,38-52H2,1-5H3/b11-9+,15-13+,16-14+,19-17+,22-20+,23-21+,27-26+,29-25+,33-31+,37-35+. The number of likely N-dealkylation sites (N-methyl/N-ethyl adjacent to an activating group) is 1. The number of unbranched alkanes of at least 4 members (excludes halogenated alkanes) is 15. The van der Waals surface area contributed by atoms with E-state index in [2.05, 4.69) is 62.5 Å². The van der Waals surface area contributed by atoms with Crippen molar-refractivity contribution in [1.29, 1.82) is 0 Å². The Balaban J connectivity index is 4.39. The quantitative estimate of drug-likeness (QED) is 0.0197. The summed E-state index contributed by atoms with van der Waals surface area (Å²) in [6.07, 6.45) is 65.1. The number of hydrogen-bond acceptors (Lipinski definition) is 7. The third kappa shape index (κ3) is 44.7. The number of nitrogens with zero attached hydrogens (tertiary/aromatic N) is 1. The van der Waals surface area contributed by atoms with Crippen molar-refractivity contribution in [1.82, 2.24) is 0 Å². The van der Waals surface area contributed by atoms with E-state index < -0.39 is 18.1 Å². The van der Waals surface area contributed by atoms with E-state index in [9.17, 15) is 19.5 Å². The first-order valence-electron chi connectivity index (χ1n) is 25.2. The fraction of sp³-hybridized carbons (Fsp3) is 0.596. The molecule has 0 aromatic heterocycles. The molecule has 366 valence electrons. The zero-order chi connectivity index (χ0) is 47.7. The minimum Gasteiger partial charge on any atom is -0.544 e. The maximum atomic E-state index is 12.8.